The highest BCUT2D eigenvalue weighted by atomic mass is 35.5. The minimum Gasteiger partial charge on any atom is -0.354 e. The van der Waals surface area contributed by atoms with E-state index in [2.05, 4.69) is 5.32 Å². The zero-order valence-electron chi connectivity index (χ0n) is 25.3. The van der Waals surface area contributed by atoms with Crippen LogP contribution in [0.3, 0.4) is 0 Å². The highest BCUT2D eigenvalue weighted by Gasteiger charge is 2.37. The van der Waals surface area contributed by atoms with Gasteiger partial charge in [0.05, 0.1) is 21.2 Å². The number of sulfonamides is 1. The van der Waals surface area contributed by atoms with E-state index in [0.717, 1.165) is 23.3 Å². The number of hydrogen-bond acceptors (Lipinski definition) is 4. The van der Waals surface area contributed by atoms with Crippen molar-refractivity contribution in [2.75, 3.05) is 17.4 Å². The predicted octanol–water partition coefficient (Wildman–Crippen LogP) is 6.75. The third-order valence-corrected chi connectivity index (χ3v) is 9.09. The van der Waals surface area contributed by atoms with Gasteiger partial charge in [0.2, 0.25) is 11.8 Å². The van der Waals surface area contributed by atoms with Gasteiger partial charge in [-0.1, -0.05) is 79.9 Å². The Bertz CT molecular complexity index is 1560. The highest BCUT2D eigenvalue weighted by Crippen LogP contribution is 2.38. The van der Waals surface area contributed by atoms with E-state index in [0.29, 0.717) is 22.5 Å². The van der Waals surface area contributed by atoms with Crippen LogP contribution in [0.25, 0.3) is 0 Å². The largest absolute Gasteiger partial charge is 0.417 e. The van der Waals surface area contributed by atoms with E-state index in [1.807, 2.05) is 32.9 Å². The van der Waals surface area contributed by atoms with E-state index in [1.54, 1.807) is 38.1 Å². The van der Waals surface area contributed by atoms with E-state index in [9.17, 15) is 31.2 Å². The molecule has 3 aromatic rings. The Morgan fingerprint density at radius 3 is 2.02 bits per heavy atom. The van der Waals surface area contributed by atoms with Gasteiger partial charge in [-0.05, 0) is 62.1 Å². The molecule has 0 unspecified atom stereocenters. The van der Waals surface area contributed by atoms with Crippen molar-refractivity contribution >= 4 is 39.1 Å². The number of nitrogens with one attached hydrogen (secondary N) is 1. The van der Waals surface area contributed by atoms with Gasteiger partial charge in [0.25, 0.3) is 10.0 Å². The fraction of sp³-hybridized carbons (Fsp3) is 0.375. The molecule has 3 rings (SSSR count). The molecule has 0 aromatic heterocycles. The van der Waals surface area contributed by atoms with Crippen molar-refractivity contribution in [2.24, 2.45) is 5.92 Å². The molecule has 12 heteroatoms. The number of rotatable bonds is 12. The Hall–Kier alpha value is -3.57. The molecular formula is C32H37ClF3N3O4S. The van der Waals surface area contributed by atoms with E-state index in [-0.39, 0.29) is 23.8 Å². The number of benzene rings is 3. The number of carbonyl (C=O) groups is 2. The average Bonchev–Trinajstić information content (AvgIpc) is 2.95. The van der Waals surface area contributed by atoms with E-state index in [4.69, 9.17) is 11.6 Å². The molecule has 2 amide bonds. The topological polar surface area (TPSA) is 86.8 Å². The molecule has 0 aliphatic carbocycles. The zero-order chi connectivity index (χ0) is 32.8. The second-order valence-corrected chi connectivity index (χ2v) is 13.3. The van der Waals surface area contributed by atoms with Gasteiger partial charge in [0.15, 0.2) is 0 Å². The molecule has 0 aliphatic heterocycles. The number of alkyl halides is 3. The van der Waals surface area contributed by atoms with Gasteiger partial charge in [0, 0.05) is 13.1 Å². The molecule has 7 nitrogen and oxygen atoms in total. The molecule has 1 atom stereocenters. The molecular weight excluding hydrogens is 615 g/mol. The predicted molar refractivity (Wildman–Crippen MR) is 166 cm³/mol. The first-order valence-electron chi connectivity index (χ1n) is 14.1. The Labute approximate surface area is 262 Å². The van der Waals surface area contributed by atoms with Crippen molar-refractivity contribution in [1.82, 2.24) is 10.2 Å². The monoisotopic (exact) mass is 651 g/mol. The quantitative estimate of drug-likeness (QED) is 0.235. The van der Waals surface area contributed by atoms with Gasteiger partial charge in [-0.2, -0.15) is 13.2 Å². The summed E-state index contributed by atoms with van der Waals surface area (Å²) in [4.78, 5) is 28.5. The lowest BCUT2D eigenvalue weighted by molar-refractivity contribution is -0.140. The van der Waals surface area contributed by atoms with E-state index >= 15 is 0 Å². The number of amides is 2. The SMILES string of the molecule is CC[C@H](C(=O)NCC(C)C)N(Cc1ccc(C)cc1)C(=O)CN(c1ccc(Cl)c(C(F)(F)F)c1)S(=O)(=O)c1ccc(C)cc1. The highest BCUT2D eigenvalue weighted by molar-refractivity contribution is 7.92. The summed E-state index contributed by atoms with van der Waals surface area (Å²) in [6, 6.07) is 14.7. The van der Waals surface area contributed by atoms with Crippen LogP contribution in [-0.4, -0.2) is 44.3 Å². The summed E-state index contributed by atoms with van der Waals surface area (Å²) in [5, 5.41) is 2.22. The lowest BCUT2D eigenvalue weighted by Gasteiger charge is -2.33. The van der Waals surface area contributed by atoms with Crippen LogP contribution in [0.1, 0.15) is 49.4 Å². The summed E-state index contributed by atoms with van der Waals surface area (Å²) in [5.74, 6) is -1.04. The number of halogens is 4. The molecule has 0 heterocycles. The van der Waals surface area contributed by atoms with Gasteiger partial charge in [0.1, 0.15) is 12.6 Å². The fourth-order valence-corrected chi connectivity index (χ4v) is 6.11. The lowest BCUT2D eigenvalue weighted by atomic mass is 10.1. The fourth-order valence-electron chi connectivity index (χ4n) is 4.48. The first-order valence-corrected chi connectivity index (χ1v) is 15.9. The molecule has 0 radical (unpaired) electrons. The van der Waals surface area contributed by atoms with Crippen LogP contribution >= 0.6 is 11.6 Å². The standard InChI is InChI=1S/C32H37ClF3N3O4S/c1-6-29(31(41)37-18-21(2)3)38(19-24-11-7-22(4)8-12-24)30(40)20-39(44(42,43)26-14-9-23(5)10-15-26)25-13-16-28(33)27(17-25)32(34,35)36/h7-17,21,29H,6,18-20H2,1-5H3,(H,37,41)/t29-/m1/s1. The normalized spacial score (nSPS) is 12.6. The minimum atomic E-state index is -4.88. The minimum absolute atomic E-state index is 0.0282. The van der Waals surface area contributed by atoms with Crippen molar-refractivity contribution < 1.29 is 31.2 Å². The van der Waals surface area contributed by atoms with Gasteiger partial charge in [-0.25, -0.2) is 8.42 Å². The second kappa shape index (κ2) is 14.5. The van der Waals surface area contributed by atoms with Crippen LogP contribution in [0, 0.1) is 19.8 Å². The molecule has 0 spiro atoms. The third-order valence-electron chi connectivity index (χ3n) is 6.98. The Morgan fingerprint density at radius 1 is 0.932 bits per heavy atom. The second-order valence-electron chi connectivity index (χ2n) is 11.1. The molecule has 0 saturated carbocycles. The van der Waals surface area contributed by atoms with Crippen molar-refractivity contribution in [2.45, 2.75) is 64.7 Å². The molecule has 1 N–H and O–H groups in total. The van der Waals surface area contributed by atoms with Crippen LogP contribution in [0.4, 0.5) is 18.9 Å². The van der Waals surface area contributed by atoms with Gasteiger partial charge < -0.3 is 10.2 Å². The number of hydrogen-bond donors (Lipinski definition) is 1. The summed E-state index contributed by atoms with van der Waals surface area (Å²) in [5.41, 5.74) is 0.789. The lowest BCUT2D eigenvalue weighted by Crippen LogP contribution is -2.52. The molecule has 0 saturated heterocycles. The van der Waals surface area contributed by atoms with Gasteiger partial charge in [-0.3, -0.25) is 13.9 Å². The van der Waals surface area contributed by atoms with E-state index < -0.39 is 56.9 Å². The zero-order valence-corrected chi connectivity index (χ0v) is 26.9. The maximum atomic E-state index is 14.1. The molecule has 3 aromatic carbocycles. The number of anilines is 1. The summed E-state index contributed by atoms with van der Waals surface area (Å²) >= 11 is 5.83. The molecule has 0 fully saturated rings. The summed E-state index contributed by atoms with van der Waals surface area (Å²) in [6.45, 7) is 8.69. The van der Waals surface area contributed by atoms with Gasteiger partial charge >= 0.3 is 6.18 Å². The Kier molecular flexibility index (Phi) is 11.5. The Morgan fingerprint density at radius 2 is 1.50 bits per heavy atom. The van der Waals surface area contributed by atoms with Crippen molar-refractivity contribution in [3.8, 4) is 0 Å². The Balaban J connectivity index is 2.13. The smallest absolute Gasteiger partial charge is 0.354 e. The first kappa shape index (κ1) is 34.9. The number of aryl methyl sites for hydroxylation is 2. The van der Waals surface area contributed by atoms with Crippen LogP contribution in [0.2, 0.25) is 5.02 Å². The van der Waals surface area contributed by atoms with Gasteiger partial charge in [-0.15, -0.1) is 0 Å². The molecule has 0 aliphatic rings. The summed E-state index contributed by atoms with van der Waals surface area (Å²) in [6.07, 6.45) is -4.67. The summed E-state index contributed by atoms with van der Waals surface area (Å²) < 4.78 is 70.0. The van der Waals surface area contributed by atoms with Crippen molar-refractivity contribution in [3.63, 3.8) is 0 Å². The van der Waals surface area contributed by atoms with Crippen LogP contribution in [-0.2, 0) is 32.3 Å². The molecule has 0 bridgehead atoms. The van der Waals surface area contributed by atoms with Crippen LogP contribution in [0.5, 0.6) is 0 Å². The first-order chi connectivity index (χ1) is 20.5. The molecule has 44 heavy (non-hydrogen) atoms. The maximum absolute atomic E-state index is 14.1. The maximum Gasteiger partial charge on any atom is 0.417 e. The van der Waals surface area contributed by atoms with Crippen molar-refractivity contribution in [3.05, 3.63) is 94.0 Å². The number of nitrogens with zero attached hydrogens (tertiary/aromatic N) is 2. The average molecular weight is 652 g/mol. The van der Waals surface area contributed by atoms with E-state index in [1.165, 1.54) is 17.0 Å². The third kappa shape index (κ3) is 8.75. The number of carbonyl (C=O) groups excluding carboxylic acids is 2. The van der Waals surface area contributed by atoms with Crippen LogP contribution in [0.15, 0.2) is 71.6 Å². The van der Waals surface area contributed by atoms with Crippen molar-refractivity contribution in [1.29, 1.82) is 0 Å². The molecule has 238 valence electrons. The van der Waals surface area contributed by atoms with Crippen LogP contribution < -0.4 is 9.62 Å². The summed E-state index contributed by atoms with van der Waals surface area (Å²) in [7, 11) is -4.55.